The zero-order valence-electron chi connectivity index (χ0n) is 11.9. The molecule has 1 spiro atoms. The van der Waals surface area contributed by atoms with Crippen LogP contribution in [0.25, 0.3) is 0 Å². The van der Waals surface area contributed by atoms with Crippen LogP contribution in [0.4, 0.5) is 23.7 Å². The van der Waals surface area contributed by atoms with Gasteiger partial charge in [-0.15, -0.1) is 13.2 Å². The third-order valence-corrected chi connectivity index (χ3v) is 4.28. The number of anilines is 1. The van der Waals surface area contributed by atoms with Crippen LogP contribution in [0.2, 0.25) is 0 Å². The normalized spacial score (nSPS) is 19.4. The number of halogens is 3. The van der Waals surface area contributed by atoms with Crippen molar-refractivity contribution in [1.29, 1.82) is 0 Å². The van der Waals surface area contributed by atoms with Gasteiger partial charge in [-0.3, -0.25) is 0 Å². The number of carbonyl (C=O) groups excluding carboxylic acids is 1. The third-order valence-electron chi connectivity index (χ3n) is 4.28. The average Bonchev–Trinajstić information content (AvgIpc) is 3.13. The second kappa shape index (κ2) is 5.37. The Kier molecular flexibility index (Phi) is 3.66. The summed E-state index contributed by atoms with van der Waals surface area (Å²) in [7, 11) is 0. The summed E-state index contributed by atoms with van der Waals surface area (Å²) >= 11 is 0. The molecule has 3 rings (SSSR count). The van der Waals surface area contributed by atoms with Crippen molar-refractivity contribution in [3.8, 4) is 5.75 Å². The van der Waals surface area contributed by atoms with Gasteiger partial charge < -0.3 is 15.4 Å². The van der Waals surface area contributed by atoms with Crippen molar-refractivity contribution in [3.63, 3.8) is 0 Å². The topological polar surface area (TPSA) is 50.4 Å². The van der Waals surface area contributed by atoms with E-state index in [9.17, 15) is 18.0 Å². The molecule has 0 saturated heterocycles. The predicted octanol–water partition coefficient (Wildman–Crippen LogP) is 3.90. The molecule has 7 heteroatoms. The number of carbonyl (C=O) groups is 1. The molecule has 22 heavy (non-hydrogen) atoms. The summed E-state index contributed by atoms with van der Waals surface area (Å²) in [6.45, 7) is 0.603. The maximum Gasteiger partial charge on any atom is 0.573 e. The van der Waals surface area contributed by atoms with Gasteiger partial charge in [0.1, 0.15) is 5.75 Å². The largest absolute Gasteiger partial charge is 0.573 e. The Bertz CT molecular complexity index is 562. The molecule has 2 N–H and O–H groups in total. The average molecular weight is 314 g/mol. The van der Waals surface area contributed by atoms with Crippen molar-refractivity contribution in [2.45, 2.75) is 32.0 Å². The lowest BCUT2D eigenvalue weighted by Gasteiger charge is -2.35. The third kappa shape index (κ3) is 3.84. The molecule has 0 aromatic heterocycles. The number of hydrogen-bond acceptors (Lipinski definition) is 2. The van der Waals surface area contributed by atoms with Gasteiger partial charge in [0.2, 0.25) is 0 Å². The number of alkyl halides is 3. The molecule has 0 bridgehead atoms. The van der Waals surface area contributed by atoms with E-state index in [1.54, 1.807) is 0 Å². The summed E-state index contributed by atoms with van der Waals surface area (Å²) in [5.74, 6) is 0.160. The molecular weight excluding hydrogens is 297 g/mol. The van der Waals surface area contributed by atoms with Gasteiger partial charge in [0, 0.05) is 18.3 Å². The smallest absolute Gasteiger partial charge is 0.406 e. The monoisotopic (exact) mass is 314 g/mol. The molecule has 2 amide bonds. The number of ether oxygens (including phenoxy) is 1. The molecule has 0 atom stereocenters. The zero-order chi connectivity index (χ0) is 15.8. The van der Waals surface area contributed by atoms with Crippen molar-refractivity contribution < 1.29 is 22.7 Å². The molecule has 2 aliphatic rings. The standard InChI is InChI=1S/C15H17F3N2O2/c16-15(17,18)22-12-3-1-2-11(6-12)20-13(21)19-9-10-7-14(8-10)4-5-14/h1-3,6,10H,4-5,7-9H2,(H2,19,20,21). The van der Waals surface area contributed by atoms with E-state index in [0.717, 1.165) is 6.07 Å². The highest BCUT2D eigenvalue weighted by atomic mass is 19.4. The van der Waals surface area contributed by atoms with Crippen LogP contribution >= 0.6 is 0 Å². The van der Waals surface area contributed by atoms with Crippen LogP contribution in [-0.2, 0) is 0 Å². The van der Waals surface area contributed by atoms with E-state index in [0.29, 0.717) is 17.9 Å². The van der Waals surface area contributed by atoms with Crippen LogP contribution in [0.3, 0.4) is 0 Å². The number of hydrogen-bond donors (Lipinski definition) is 2. The van der Waals surface area contributed by atoms with Gasteiger partial charge >= 0.3 is 12.4 Å². The van der Waals surface area contributed by atoms with Crippen LogP contribution < -0.4 is 15.4 Å². The maximum atomic E-state index is 12.1. The summed E-state index contributed by atoms with van der Waals surface area (Å²) in [5, 5.41) is 5.26. The molecule has 1 aromatic carbocycles. The van der Waals surface area contributed by atoms with Crippen LogP contribution in [0.1, 0.15) is 25.7 Å². The Morgan fingerprint density at radius 3 is 2.68 bits per heavy atom. The highest BCUT2D eigenvalue weighted by Crippen LogP contribution is 2.63. The minimum absolute atomic E-state index is 0.256. The SMILES string of the molecule is O=C(NCC1CC2(CC2)C1)Nc1cccc(OC(F)(F)F)c1. The van der Waals surface area contributed by atoms with Crippen molar-refractivity contribution in [2.24, 2.45) is 11.3 Å². The summed E-state index contributed by atoms with van der Waals surface area (Å²) in [6.07, 6.45) is 0.206. The van der Waals surface area contributed by atoms with Gasteiger partial charge in [0.15, 0.2) is 0 Å². The Morgan fingerprint density at radius 2 is 2.05 bits per heavy atom. The number of amides is 2. The molecule has 2 aliphatic carbocycles. The van der Waals surface area contributed by atoms with Crippen molar-refractivity contribution >= 4 is 11.7 Å². The summed E-state index contributed by atoms with van der Waals surface area (Å²) in [6, 6.07) is 4.79. The molecular formula is C15H17F3N2O2. The highest BCUT2D eigenvalue weighted by molar-refractivity contribution is 5.89. The molecule has 2 saturated carbocycles. The summed E-state index contributed by atoms with van der Waals surface area (Å²) in [4.78, 5) is 11.7. The first-order valence-electron chi connectivity index (χ1n) is 7.24. The van der Waals surface area contributed by atoms with Crippen LogP contribution in [0.5, 0.6) is 5.75 Å². The molecule has 0 radical (unpaired) electrons. The molecule has 0 unspecified atom stereocenters. The Hall–Kier alpha value is -1.92. The van der Waals surface area contributed by atoms with E-state index >= 15 is 0 Å². The van der Waals surface area contributed by atoms with Crippen LogP contribution in [-0.4, -0.2) is 18.9 Å². The number of benzene rings is 1. The highest BCUT2D eigenvalue weighted by Gasteiger charge is 2.52. The van der Waals surface area contributed by atoms with Crippen molar-refractivity contribution in [1.82, 2.24) is 5.32 Å². The lowest BCUT2D eigenvalue weighted by Crippen LogP contribution is -2.38. The second-order valence-electron chi connectivity index (χ2n) is 6.18. The summed E-state index contributed by atoms with van der Waals surface area (Å²) in [5.41, 5.74) is 0.845. The van der Waals surface area contributed by atoms with Crippen molar-refractivity contribution in [2.75, 3.05) is 11.9 Å². The molecule has 4 nitrogen and oxygen atoms in total. The fourth-order valence-electron chi connectivity index (χ4n) is 3.08. The van der Waals surface area contributed by atoms with Crippen LogP contribution in [0.15, 0.2) is 24.3 Å². The Balaban J connectivity index is 1.45. The molecule has 0 aliphatic heterocycles. The van der Waals surface area contributed by atoms with Gasteiger partial charge in [0.05, 0.1) is 0 Å². The Labute approximate surface area is 126 Å². The lowest BCUT2D eigenvalue weighted by molar-refractivity contribution is -0.274. The number of nitrogens with one attached hydrogen (secondary N) is 2. The molecule has 0 heterocycles. The zero-order valence-corrected chi connectivity index (χ0v) is 11.9. The van der Waals surface area contributed by atoms with Crippen molar-refractivity contribution in [3.05, 3.63) is 24.3 Å². The number of urea groups is 1. The van der Waals surface area contributed by atoms with E-state index in [1.807, 2.05) is 0 Å². The first-order valence-corrected chi connectivity index (χ1v) is 7.24. The fraction of sp³-hybridized carbons (Fsp3) is 0.533. The Morgan fingerprint density at radius 1 is 1.32 bits per heavy atom. The first-order chi connectivity index (χ1) is 10.3. The molecule has 2 fully saturated rings. The van der Waals surface area contributed by atoms with Gasteiger partial charge in [-0.05, 0) is 49.1 Å². The number of rotatable bonds is 4. The van der Waals surface area contributed by atoms with Gasteiger partial charge in [-0.1, -0.05) is 6.07 Å². The van der Waals surface area contributed by atoms with E-state index < -0.39 is 12.4 Å². The molecule has 120 valence electrons. The van der Waals surface area contributed by atoms with E-state index in [1.165, 1.54) is 43.9 Å². The van der Waals surface area contributed by atoms with E-state index in [-0.39, 0.29) is 11.4 Å². The minimum Gasteiger partial charge on any atom is -0.406 e. The van der Waals surface area contributed by atoms with Gasteiger partial charge in [-0.2, -0.15) is 0 Å². The fourth-order valence-corrected chi connectivity index (χ4v) is 3.08. The predicted molar refractivity (Wildman–Crippen MR) is 74.5 cm³/mol. The lowest BCUT2D eigenvalue weighted by atomic mass is 9.72. The second-order valence-corrected chi connectivity index (χ2v) is 6.18. The maximum absolute atomic E-state index is 12.1. The van der Waals surface area contributed by atoms with Gasteiger partial charge in [-0.25, -0.2) is 4.79 Å². The first kappa shape index (κ1) is 15.0. The van der Waals surface area contributed by atoms with E-state index in [2.05, 4.69) is 15.4 Å². The minimum atomic E-state index is -4.75. The summed E-state index contributed by atoms with van der Waals surface area (Å²) < 4.78 is 40.2. The van der Waals surface area contributed by atoms with Gasteiger partial charge in [0.25, 0.3) is 0 Å². The van der Waals surface area contributed by atoms with Crippen LogP contribution in [0, 0.1) is 11.3 Å². The van der Waals surface area contributed by atoms with E-state index in [4.69, 9.17) is 0 Å². The molecule has 1 aromatic rings. The quantitative estimate of drug-likeness (QED) is 0.885.